The zero-order valence-corrected chi connectivity index (χ0v) is 17.2. The van der Waals surface area contributed by atoms with Crippen molar-refractivity contribution in [2.45, 2.75) is 43.7 Å². The molecule has 2 aromatic rings. The molecule has 27 heavy (non-hydrogen) atoms. The summed E-state index contributed by atoms with van der Waals surface area (Å²) in [4.78, 5) is 14.5. The number of sulfone groups is 1. The lowest BCUT2D eigenvalue weighted by Gasteiger charge is -2.28. The average molecular weight is 410 g/mol. The summed E-state index contributed by atoms with van der Waals surface area (Å²) in [7, 11) is -3.04. The molecule has 0 aliphatic carbocycles. The molecule has 9 heteroatoms. The Morgan fingerprint density at radius 1 is 1.41 bits per heavy atom. The zero-order chi connectivity index (χ0) is 19.6. The van der Waals surface area contributed by atoms with Crippen LogP contribution in [0.1, 0.15) is 25.8 Å². The van der Waals surface area contributed by atoms with Crippen LogP contribution in [0.25, 0.3) is 11.5 Å². The molecule has 0 spiro atoms. The van der Waals surface area contributed by atoms with Gasteiger partial charge in [-0.2, -0.15) is 0 Å². The third-order valence-corrected chi connectivity index (χ3v) is 7.24. The average Bonchev–Trinajstić information content (AvgIpc) is 3.22. The van der Waals surface area contributed by atoms with E-state index in [9.17, 15) is 13.2 Å². The molecule has 1 aromatic carbocycles. The highest BCUT2D eigenvalue weighted by atomic mass is 32.2. The number of hydrogen-bond donors (Lipinski definition) is 0. The molecule has 7 nitrogen and oxygen atoms in total. The SMILES string of the molecule is CCN(C(=O)[C@H](C)Sc1nnc(-c2cccc(C)c2)o1)[C@H]1CCS(=O)(=O)C1. The molecule has 1 fully saturated rings. The molecule has 146 valence electrons. The van der Waals surface area contributed by atoms with E-state index in [2.05, 4.69) is 10.2 Å². The Labute approximate surface area is 163 Å². The van der Waals surface area contributed by atoms with Gasteiger partial charge in [0.1, 0.15) is 0 Å². The van der Waals surface area contributed by atoms with E-state index in [4.69, 9.17) is 4.42 Å². The van der Waals surface area contributed by atoms with Gasteiger partial charge in [-0.05, 0) is 39.3 Å². The van der Waals surface area contributed by atoms with Gasteiger partial charge in [0.05, 0.1) is 16.8 Å². The van der Waals surface area contributed by atoms with Gasteiger partial charge in [0, 0.05) is 18.2 Å². The molecule has 0 unspecified atom stereocenters. The van der Waals surface area contributed by atoms with Crippen LogP contribution >= 0.6 is 11.8 Å². The maximum Gasteiger partial charge on any atom is 0.277 e. The molecule has 0 N–H and O–H groups in total. The summed E-state index contributed by atoms with van der Waals surface area (Å²) < 4.78 is 29.2. The van der Waals surface area contributed by atoms with Crippen LogP contribution in [-0.2, 0) is 14.6 Å². The highest BCUT2D eigenvalue weighted by Crippen LogP contribution is 2.28. The van der Waals surface area contributed by atoms with Gasteiger partial charge in [-0.1, -0.05) is 29.5 Å². The number of carbonyl (C=O) groups is 1. The second-order valence-electron chi connectivity index (χ2n) is 6.68. The van der Waals surface area contributed by atoms with Crippen LogP contribution in [0, 0.1) is 6.92 Å². The first-order valence-corrected chi connectivity index (χ1v) is 11.6. The Balaban J connectivity index is 1.67. The predicted octanol–water partition coefficient (Wildman–Crippen LogP) is 2.56. The lowest BCUT2D eigenvalue weighted by Crippen LogP contribution is -2.44. The van der Waals surface area contributed by atoms with Crippen molar-refractivity contribution in [2.75, 3.05) is 18.1 Å². The maximum atomic E-state index is 12.8. The number of nitrogens with zero attached hydrogens (tertiary/aromatic N) is 3. The van der Waals surface area contributed by atoms with Crippen LogP contribution in [-0.4, -0.2) is 58.8 Å². The lowest BCUT2D eigenvalue weighted by atomic mass is 10.1. The Bertz CT molecular complexity index is 926. The minimum atomic E-state index is -3.04. The van der Waals surface area contributed by atoms with Crippen LogP contribution in [0.15, 0.2) is 33.9 Å². The number of benzene rings is 1. The number of thioether (sulfide) groups is 1. The third kappa shape index (κ3) is 4.70. The van der Waals surface area contributed by atoms with Gasteiger partial charge in [-0.25, -0.2) is 8.42 Å². The van der Waals surface area contributed by atoms with Crippen molar-refractivity contribution in [3.8, 4) is 11.5 Å². The summed E-state index contributed by atoms with van der Waals surface area (Å²) >= 11 is 1.19. The van der Waals surface area contributed by atoms with Crippen molar-refractivity contribution < 1.29 is 17.6 Å². The van der Waals surface area contributed by atoms with E-state index in [0.717, 1.165) is 11.1 Å². The number of aryl methyl sites for hydroxylation is 1. The van der Waals surface area contributed by atoms with E-state index in [0.29, 0.717) is 24.1 Å². The van der Waals surface area contributed by atoms with Crippen LogP contribution < -0.4 is 0 Å². The first-order chi connectivity index (χ1) is 12.8. The minimum Gasteiger partial charge on any atom is -0.411 e. The molecule has 1 aliphatic heterocycles. The molecular formula is C18H23N3O4S2. The van der Waals surface area contributed by atoms with Crippen molar-refractivity contribution >= 4 is 27.5 Å². The quantitative estimate of drug-likeness (QED) is 0.677. The van der Waals surface area contributed by atoms with Crippen LogP contribution in [0.3, 0.4) is 0 Å². The number of rotatable bonds is 6. The smallest absolute Gasteiger partial charge is 0.277 e. The van der Waals surface area contributed by atoms with Crippen molar-refractivity contribution in [1.82, 2.24) is 15.1 Å². The second kappa shape index (κ2) is 8.02. The van der Waals surface area contributed by atoms with Gasteiger partial charge in [0.15, 0.2) is 9.84 Å². The summed E-state index contributed by atoms with van der Waals surface area (Å²) in [6.45, 7) is 6.10. The van der Waals surface area contributed by atoms with E-state index in [1.165, 1.54) is 11.8 Å². The summed E-state index contributed by atoms with van der Waals surface area (Å²) in [5.41, 5.74) is 1.92. The minimum absolute atomic E-state index is 0.0437. The molecule has 2 atom stereocenters. The van der Waals surface area contributed by atoms with Crippen molar-refractivity contribution in [1.29, 1.82) is 0 Å². The topological polar surface area (TPSA) is 93.4 Å². The molecule has 1 saturated heterocycles. The van der Waals surface area contributed by atoms with Crippen molar-refractivity contribution in [3.05, 3.63) is 29.8 Å². The Hall–Kier alpha value is -1.87. The third-order valence-electron chi connectivity index (χ3n) is 4.57. The lowest BCUT2D eigenvalue weighted by molar-refractivity contribution is -0.131. The molecule has 3 rings (SSSR count). The fourth-order valence-corrected chi connectivity index (χ4v) is 5.69. The number of amides is 1. The van der Waals surface area contributed by atoms with E-state index >= 15 is 0 Å². The first kappa shape index (κ1) is 19.9. The van der Waals surface area contributed by atoms with E-state index in [1.54, 1.807) is 11.8 Å². The maximum absolute atomic E-state index is 12.8. The van der Waals surface area contributed by atoms with Gasteiger partial charge in [0.25, 0.3) is 5.22 Å². The summed E-state index contributed by atoms with van der Waals surface area (Å²) in [6, 6.07) is 7.50. The van der Waals surface area contributed by atoms with Crippen molar-refractivity contribution in [3.63, 3.8) is 0 Å². The van der Waals surface area contributed by atoms with E-state index in [1.807, 2.05) is 38.1 Å². The van der Waals surface area contributed by atoms with Gasteiger partial charge in [-0.15, -0.1) is 10.2 Å². The monoisotopic (exact) mass is 409 g/mol. The Kier molecular flexibility index (Phi) is 5.90. The highest BCUT2D eigenvalue weighted by molar-refractivity contribution is 8.00. The van der Waals surface area contributed by atoms with Gasteiger partial charge in [-0.3, -0.25) is 4.79 Å². The van der Waals surface area contributed by atoms with Crippen LogP contribution in [0.4, 0.5) is 0 Å². The number of hydrogen-bond acceptors (Lipinski definition) is 7. The zero-order valence-electron chi connectivity index (χ0n) is 15.6. The van der Waals surface area contributed by atoms with Gasteiger partial charge < -0.3 is 9.32 Å². The van der Waals surface area contributed by atoms with E-state index < -0.39 is 15.1 Å². The van der Waals surface area contributed by atoms with Crippen LogP contribution in [0.2, 0.25) is 0 Å². The fourth-order valence-electron chi connectivity index (χ4n) is 3.20. The van der Waals surface area contributed by atoms with Crippen LogP contribution in [0.5, 0.6) is 0 Å². The molecular weight excluding hydrogens is 386 g/mol. The number of aromatic nitrogens is 2. The predicted molar refractivity (Wildman–Crippen MR) is 104 cm³/mol. The largest absolute Gasteiger partial charge is 0.411 e. The number of carbonyl (C=O) groups excluding carboxylic acids is 1. The molecule has 1 amide bonds. The summed E-state index contributed by atoms with van der Waals surface area (Å²) in [5.74, 6) is 0.490. The normalized spacial score (nSPS) is 19.7. The first-order valence-electron chi connectivity index (χ1n) is 8.87. The molecule has 0 bridgehead atoms. The molecule has 0 radical (unpaired) electrons. The molecule has 1 aliphatic rings. The fraction of sp³-hybridized carbons (Fsp3) is 0.500. The summed E-state index contributed by atoms with van der Waals surface area (Å²) in [6.07, 6.45) is 0.497. The summed E-state index contributed by atoms with van der Waals surface area (Å²) in [5, 5.41) is 7.97. The molecule has 0 saturated carbocycles. The molecule has 2 heterocycles. The van der Waals surface area contributed by atoms with Crippen molar-refractivity contribution in [2.24, 2.45) is 0 Å². The second-order valence-corrected chi connectivity index (χ2v) is 10.2. The standard InChI is InChI=1S/C18H23N3O4S2/c1-4-21(15-8-9-27(23,24)11-15)17(22)13(3)26-18-20-19-16(25-18)14-7-5-6-12(2)10-14/h5-7,10,13,15H,4,8-9,11H2,1-3H3/t13-,15-/m0/s1. The van der Waals surface area contributed by atoms with Gasteiger partial charge >= 0.3 is 0 Å². The van der Waals surface area contributed by atoms with E-state index in [-0.39, 0.29) is 23.5 Å². The highest BCUT2D eigenvalue weighted by Gasteiger charge is 2.35. The molecule has 1 aromatic heterocycles. The van der Waals surface area contributed by atoms with Gasteiger partial charge in [0.2, 0.25) is 11.8 Å². The Morgan fingerprint density at radius 3 is 2.81 bits per heavy atom. The Morgan fingerprint density at radius 2 is 2.19 bits per heavy atom.